The minimum atomic E-state index is 0.579. The van der Waals surface area contributed by atoms with E-state index in [1.165, 1.54) is 10.4 Å². The third-order valence-electron chi connectivity index (χ3n) is 4.49. The molecular formula is C20H25N3O3S. The quantitative estimate of drug-likeness (QED) is 0.630. The summed E-state index contributed by atoms with van der Waals surface area (Å²) in [5.74, 6) is 1.82. The second-order valence-electron chi connectivity index (χ2n) is 6.38. The fourth-order valence-electron chi connectivity index (χ4n) is 3.06. The van der Waals surface area contributed by atoms with Crippen molar-refractivity contribution in [2.24, 2.45) is 0 Å². The number of aromatic nitrogens is 2. The van der Waals surface area contributed by atoms with Gasteiger partial charge in [0.1, 0.15) is 0 Å². The lowest BCUT2D eigenvalue weighted by Crippen LogP contribution is -2.17. The molecule has 0 amide bonds. The first-order valence-corrected chi connectivity index (χ1v) is 9.49. The molecule has 1 aromatic carbocycles. The SMILES string of the molecule is COc1cc(-c2[nH]ncc2CN(C)Cc2sccc2C)cc(OC)c1OC. The van der Waals surface area contributed by atoms with Gasteiger partial charge in [-0.3, -0.25) is 10.00 Å². The van der Waals surface area contributed by atoms with Crippen LogP contribution in [0.15, 0.2) is 29.8 Å². The molecule has 7 heteroatoms. The van der Waals surface area contributed by atoms with Crippen molar-refractivity contribution in [1.29, 1.82) is 0 Å². The predicted molar refractivity (Wildman–Crippen MR) is 108 cm³/mol. The molecule has 1 N–H and O–H groups in total. The van der Waals surface area contributed by atoms with Gasteiger partial charge < -0.3 is 14.2 Å². The summed E-state index contributed by atoms with van der Waals surface area (Å²) >= 11 is 1.79. The van der Waals surface area contributed by atoms with Crippen molar-refractivity contribution in [2.45, 2.75) is 20.0 Å². The number of nitrogens with one attached hydrogen (secondary N) is 1. The van der Waals surface area contributed by atoms with Gasteiger partial charge in [0, 0.05) is 29.1 Å². The maximum Gasteiger partial charge on any atom is 0.203 e. The number of hydrogen-bond acceptors (Lipinski definition) is 6. The van der Waals surface area contributed by atoms with E-state index >= 15 is 0 Å². The van der Waals surface area contributed by atoms with Crippen molar-refractivity contribution in [1.82, 2.24) is 15.1 Å². The van der Waals surface area contributed by atoms with Crippen LogP contribution in [0.2, 0.25) is 0 Å². The number of aryl methyl sites for hydroxylation is 1. The van der Waals surface area contributed by atoms with Crippen molar-refractivity contribution in [3.8, 4) is 28.5 Å². The third kappa shape index (κ3) is 4.09. The molecule has 3 aromatic rings. The maximum absolute atomic E-state index is 5.47. The van der Waals surface area contributed by atoms with Gasteiger partial charge in [-0.15, -0.1) is 11.3 Å². The summed E-state index contributed by atoms with van der Waals surface area (Å²) in [6.07, 6.45) is 1.87. The Bertz CT molecular complexity index is 879. The number of H-pyrrole nitrogens is 1. The lowest BCUT2D eigenvalue weighted by Gasteiger charge is -2.17. The molecule has 0 radical (unpaired) electrons. The van der Waals surface area contributed by atoms with E-state index in [0.29, 0.717) is 17.2 Å². The molecule has 0 saturated carbocycles. The number of rotatable bonds is 8. The summed E-state index contributed by atoms with van der Waals surface area (Å²) < 4.78 is 16.4. The molecule has 0 saturated heterocycles. The first-order chi connectivity index (χ1) is 13.1. The van der Waals surface area contributed by atoms with E-state index in [-0.39, 0.29) is 0 Å². The van der Waals surface area contributed by atoms with Gasteiger partial charge in [-0.2, -0.15) is 5.10 Å². The average Bonchev–Trinajstić information content (AvgIpc) is 3.29. The standard InChI is InChI=1S/C20H25N3O3S/c1-13-6-7-27-18(13)12-23(2)11-15-10-21-22-19(15)14-8-16(24-3)20(26-5)17(9-14)25-4/h6-10H,11-12H2,1-5H3,(H,21,22). The Labute approximate surface area is 163 Å². The van der Waals surface area contributed by atoms with E-state index in [1.54, 1.807) is 32.7 Å². The Hall–Kier alpha value is -2.51. The lowest BCUT2D eigenvalue weighted by atomic mass is 10.1. The summed E-state index contributed by atoms with van der Waals surface area (Å²) in [5, 5.41) is 9.51. The highest BCUT2D eigenvalue weighted by molar-refractivity contribution is 7.10. The van der Waals surface area contributed by atoms with E-state index in [9.17, 15) is 0 Å². The molecule has 0 unspecified atom stereocenters. The van der Waals surface area contributed by atoms with Crippen molar-refractivity contribution in [2.75, 3.05) is 28.4 Å². The van der Waals surface area contributed by atoms with E-state index in [2.05, 4.69) is 40.5 Å². The molecule has 0 fully saturated rings. The Morgan fingerprint density at radius 1 is 1.07 bits per heavy atom. The first-order valence-electron chi connectivity index (χ1n) is 8.61. The minimum Gasteiger partial charge on any atom is -0.493 e. The zero-order chi connectivity index (χ0) is 19.4. The summed E-state index contributed by atoms with van der Waals surface area (Å²) in [7, 11) is 6.95. The van der Waals surface area contributed by atoms with Crippen LogP contribution in [-0.4, -0.2) is 43.5 Å². The molecule has 0 spiro atoms. The molecule has 3 rings (SSSR count). The molecule has 2 aromatic heterocycles. The number of methoxy groups -OCH3 is 3. The van der Waals surface area contributed by atoms with Gasteiger partial charge in [0.25, 0.3) is 0 Å². The lowest BCUT2D eigenvalue weighted by molar-refractivity contribution is 0.321. The van der Waals surface area contributed by atoms with E-state index in [1.807, 2.05) is 18.3 Å². The second-order valence-corrected chi connectivity index (χ2v) is 7.38. The summed E-state index contributed by atoms with van der Waals surface area (Å²) in [6.45, 7) is 3.84. The fourth-order valence-corrected chi connectivity index (χ4v) is 4.05. The summed E-state index contributed by atoms with van der Waals surface area (Å²) in [4.78, 5) is 3.67. The highest BCUT2D eigenvalue weighted by Crippen LogP contribution is 2.41. The van der Waals surface area contributed by atoms with Gasteiger partial charge in [-0.1, -0.05) is 0 Å². The van der Waals surface area contributed by atoms with Crippen molar-refractivity contribution in [3.63, 3.8) is 0 Å². The number of benzene rings is 1. The fraction of sp³-hybridized carbons (Fsp3) is 0.350. The largest absolute Gasteiger partial charge is 0.493 e. The topological polar surface area (TPSA) is 59.6 Å². The van der Waals surface area contributed by atoms with Crippen LogP contribution in [0.25, 0.3) is 11.3 Å². The molecule has 0 aliphatic carbocycles. The van der Waals surface area contributed by atoms with Gasteiger partial charge in [0.2, 0.25) is 5.75 Å². The van der Waals surface area contributed by atoms with Gasteiger partial charge in [-0.05, 0) is 43.1 Å². The van der Waals surface area contributed by atoms with Crippen LogP contribution in [0.3, 0.4) is 0 Å². The number of thiophene rings is 1. The smallest absolute Gasteiger partial charge is 0.203 e. The van der Waals surface area contributed by atoms with Crippen LogP contribution in [0, 0.1) is 6.92 Å². The highest BCUT2D eigenvalue weighted by Gasteiger charge is 2.17. The number of aromatic amines is 1. The molecule has 27 heavy (non-hydrogen) atoms. The van der Waals surface area contributed by atoms with Crippen LogP contribution in [0.1, 0.15) is 16.0 Å². The molecule has 0 aliphatic heterocycles. The molecule has 0 aliphatic rings. The normalized spacial score (nSPS) is 11.0. The summed E-state index contributed by atoms with van der Waals surface area (Å²) in [6, 6.07) is 6.02. The van der Waals surface area contributed by atoms with Gasteiger partial charge >= 0.3 is 0 Å². The Morgan fingerprint density at radius 3 is 2.33 bits per heavy atom. The van der Waals surface area contributed by atoms with E-state index < -0.39 is 0 Å². The van der Waals surface area contributed by atoms with Crippen molar-refractivity contribution >= 4 is 11.3 Å². The van der Waals surface area contributed by atoms with Crippen molar-refractivity contribution < 1.29 is 14.2 Å². The van der Waals surface area contributed by atoms with Gasteiger partial charge in [-0.25, -0.2) is 0 Å². The minimum absolute atomic E-state index is 0.579. The van der Waals surface area contributed by atoms with Crippen LogP contribution in [-0.2, 0) is 13.1 Å². The maximum atomic E-state index is 5.47. The van der Waals surface area contributed by atoms with Gasteiger partial charge in [0.05, 0.1) is 33.2 Å². The number of nitrogens with zero attached hydrogens (tertiary/aromatic N) is 2. The van der Waals surface area contributed by atoms with E-state index in [4.69, 9.17) is 14.2 Å². The average molecular weight is 388 g/mol. The number of hydrogen-bond donors (Lipinski definition) is 1. The molecule has 0 atom stereocenters. The van der Waals surface area contributed by atoms with Gasteiger partial charge in [0.15, 0.2) is 11.5 Å². The second kappa shape index (κ2) is 8.45. The Kier molecular flexibility index (Phi) is 6.03. The monoisotopic (exact) mass is 387 g/mol. The summed E-state index contributed by atoms with van der Waals surface area (Å²) in [5.41, 5.74) is 4.34. The van der Waals surface area contributed by atoms with Crippen LogP contribution >= 0.6 is 11.3 Å². The molecule has 144 valence electrons. The zero-order valence-electron chi connectivity index (χ0n) is 16.3. The predicted octanol–water partition coefficient (Wildman–Crippen LogP) is 4.10. The van der Waals surface area contributed by atoms with E-state index in [0.717, 1.165) is 29.9 Å². The first kappa shape index (κ1) is 19.3. The Balaban J connectivity index is 1.87. The molecular weight excluding hydrogens is 362 g/mol. The Morgan fingerprint density at radius 2 is 1.78 bits per heavy atom. The van der Waals surface area contributed by atoms with Crippen LogP contribution in [0.5, 0.6) is 17.2 Å². The molecule has 0 bridgehead atoms. The van der Waals surface area contributed by atoms with Crippen LogP contribution < -0.4 is 14.2 Å². The van der Waals surface area contributed by atoms with Crippen LogP contribution in [0.4, 0.5) is 0 Å². The molecule has 6 nitrogen and oxygen atoms in total. The molecule has 2 heterocycles. The third-order valence-corrected chi connectivity index (χ3v) is 5.50. The zero-order valence-corrected chi connectivity index (χ0v) is 17.1. The number of ether oxygens (including phenoxy) is 3. The van der Waals surface area contributed by atoms with Crippen molar-refractivity contribution in [3.05, 3.63) is 45.8 Å². The highest BCUT2D eigenvalue weighted by atomic mass is 32.1.